The van der Waals surface area contributed by atoms with Crippen molar-refractivity contribution in [2.45, 2.75) is 265 Å². The average molecular weight is 862 g/mol. The SMILES string of the molecule is CCCCCCC(CCCCCC)CCOC(=O)CCCCCCCC(CCCCCCCC(=O)OCCC(CCCCCC)CCCCCC)COC(=O)C1CCN(C)C1. The highest BCUT2D eigenvalue weighted by Gasteiger charge is 2.28. The number of likely N-dealkylation sites (tertiary alicyclic amines) is 1. The third-order valence-electron chi connectivity index (χ3n) is 13.6. The van der Waals surface area contributed by atoms with E-state index >= 15 is 0 Å². The smallest absolute Gasteiger partial charge is 0.310 e. The second-order valence-corrected chi connectivity index (χ2v) is 19.5. The molecular weight excluding hydrogens is 759 g/mol. The Balaban J connectivity index is 2.31. The number of hydrogen-bond donors (Lipinski definition) is 0. The number of rotatable bonds is 45. The molecule has 0 radical (unpaired) electrons. The van der Waals surface area contributed by atoms with Gasteiger partial charge in [-0.3, -0.25) is 14.4 Å². The number of carbonyl (C=O) groups excluding carboxylic acids is 3. The maximum absolute atomic E-state index is 12.8. The molecule has 1 aliphatic heterocycles. The van der Waals surface area contributed by atoms with Gasteiger partial charge in [0.2, 0.25) is 0 Å². The predicted molar refractivity (Wildman–Crippen MR) is 258 cm³/mol. The molecule has 1 fully saturated rings. The topological polar surface area (TPSA) is 82.1 Å². The van der Waals surface area contributed by atoms with Gasteiger partial charge >= 0.3 is 17.9 Å². The van der Waals surface area contributed by atoms with Gasteiger partial charge in [0.25, 0.3) is 0 Å². The van der Waals surface area contributed by atoms with Crippen molar-refractivity contribution < 1.29 is 28.6 Å². The third-order valence-corrected chi connectivity index (χ3v) is 13.6. The van der Waals surface area contributed by atoms with Crippen LogP contribution in [-0.4, -0.2) is 62.8 Å². The quantitative estimate of drug-likeness (QED) is 0.0343. The van der Waals surface area contributed by atoms with Crippen LogP contribution in [0.15, 0.2) is 0 Å². The summed E-state index contributed by atoms with van der Waals surface area (Å²) < 4.78 is 17.3. The minimum atomic E-state index is -0.0220. The summed E-state index contributed by atoms with van der Waals surface area (Å²) in [7, 11) is 2.08. The highest BCUT2D eigenvalue weighted by molar-refractivity contribution is 5.73. The second-order valence-electron chi connectivity index (χ2n) is 19.5. The first-order valence-corrected chi connectivity index (χ1v) is 27.0. The molecule has 0 saturated carbocycles. The van der Waals surface area contributed by atoms with E-state index in [0.717, 1.165) is 109 Å². The first-order valence-electron chi connectivity index (χ1n) is 27.0. The summed E-state index contributed by atoms with van der Waals surface area (Å²) >= 11 is 0. The minimum absolute atomic E-state index is 0.0166. The number of esters is 3. The van der Waals surface area contributed by atoms with Gasteiger partial charge in [-0.25, -0.2) is 0 Å². The molecule has 0 aromatic rings. The van der Waals surface area contributed by atoms with Crippen LogP contribution in [0.25, 0.3) is 0 Å². The van der Waals surface area contributed by atoms with Gasteiger partial charge in [-0.1, -0.05) is 207 Å². The van der Waals surface area contributed by atoms with E-state index in [1.54, 1.807) is 0 Å². The number of nitrogens with zero attached hydrogens (tertiary/aromatic N) is 1. The van der Waals surface area contributed by atoms with Gasteiger partial charge in [-0.05, 0) is 76.3 Å². The molecule has 1 aliphatic rings. The molecular formula is C54H103NO6. The van der Waals surface area contributed by atoms with Gasteiger partial charge in [-0.15, -0.1) is 0 Å². The molecule has 0 aliphatic carbocycles. The summed E-state index contributed by atoms with van der Waals surface area (Å²) in [6.45, 7) is 12.6. The zero-order chi connectivity index (χ0) is 44.4. The summed E-state index contributed by atoms with van der Waals surface area (Å²) in [4.78, 5) is 40.1. The number of unbranched alkanes of at least 4 members (excludes halogenated alkanes) is 20. The molecule has 7 nitrogen and oxygen atoms in total. The van der Waals surface area contributed by atoms with Crippen molar-refractivity contribution in [2.24, 2.45) is 23.7 Å². The Labute approximate surface area is 379 Å². The summed E-state index contributed by atoms with van der Waals surface area (Å²) in [5.41, 5.74) is 0. The Kier molecular flexibility index (Phi) is 39.8. The lowest BCUT2D eigenvalue weighted by molar-refractivity contribution is -0.149. The normalized spacial score (nSPS) is 14.5. The fourth-order valence-corrected chi connectivity index (χ4v) is 9.35. The third kappa shape index (κ3) is 35.4. The van der Waals surface area contributed by atoms with E-state index in [4.69, 9.17) is 14.2 Å². The van der Waals surface area contributed by atoms with E-state index in [9.17, 15) is 14.4 Å². The van der Waals surface area contributed by atoms with Gasteiger partial charge < -0.3 is 19.1 Å². The lowest BCUT2D eigenvalue weighted by Crippen LogP contribution is -2.24. The Hall–Kier alpha value is -1.63. The monoisotopic (exact) mass is 862 g/mol. The minimum Gasteiger partial charge on any atom is -0.466 e. The fourth-order valence-electron chi connectivity index (χ4n) is 9.35. The molecule has 0 bridgehead atoms. The van der Waals surface area contributed by atoms with Crippen LogP contribution in [0.1, 0.15) is 265 Å². The fraction of sp³-hybridized carbons (Fsp3) is 0.944. The van der Waals surface area contributed by atoms with E-state index < -0.39 is 0 Å². The highest BCUT2D eigenvalue weighted by Crippen LogP contribution is 2.25. The lowest BCUT2D eigenvalue weighted by Gasteiger charge is -2.19. The van der Waals surface area contributed by atoms with Crippen molar-refractivity contribution in [3.8, 4) is 0 Å². The van der Waals surface area contributed by atoms with E-state index in [1.807, 2.05) is 0 Å². The first-order chi connectivity index (χ1) is 29.8. The summed E-state index contributed by atoms with van der Waals surface area (Å²) in [6.07, 6.45) is 43.1. The van der Waals surface area contributed by atoms with E-state index in [0.29, 0.717) is 50.4 Å². The standard InChI is InChI=1S/C54H103NO6/c1-6-10-14-24-32-48(33-25-15-11-7-2)41-44-59-52(56)38-30-22-18-20-28-36-50(47-61-54(58)51-40-43-55(5)46-51)37-29-21-19-23-31-39-53(57)60-45-42-49(34-26-16-12-8-3)35-27-17-13-9-4/h48-51H,6-47H2,1-5H3. The summed E-state index contributed by atoms with van der Waals surface area (Å²) in [5.74, 6) is 1.75. The molecule has 0 aromatic heterocycles. The molecule has 7 heteroatoms. The molecule has 1 saturated heterocycles. The largest absolute Gasteiger partial charge is 0.466 e. The van der Waals surface area contributed by atoms with Crippen LogP contribution in [0.4, 0.5) is 0 Å². The van der Waals surface area contributed by atoms with Crippen LogP contribution >= 0.6 is 0 Å². The van der Waals surface area contributed by atoms with Crippen molar-refractivity contribution in [2.75, 3.05) is 40.0 Å². The highest BCUT2D eigenvalue weighted by atomic mass is 16.5. The van der Waals surface area contributed by atoms with Crippen molar-refractivity contribution in [3.63, 3.8) is 0 Å². The second kappa shape index (κ2) is 42.3. The molecule has 0 aromatic carbocycles. The molecule has 1 rings (SSSR count). The van der Waals surface area contributed by atoms with Gasteiger partial charge in [0.05, 0.1) is 25.7 Å². The summed E-state index contributed by atoms with van der Waals surface area (Å²) in [5, 5.41) is 0. The van der Waals surface area contributed by atoms with Gasteiger partial charge in [0.15, 0.2) is 0 Å². The molecule has 61 heavy (non-hydrogen) atoms. The Morgan fingerprint density at radius 3 is 1.15 bits per heavy atom. The zero-order valence-electron chi connectivity index (χ0n) is 41.4. The molecule has 1 atom stereocenters. The van der Waals surface area contributed by atoms with Crippen molar-refractivity contribution in [3.05, 3.63) is 0 Å². The van der Waals surface area contributed by atoms with Crippen molar-refractivity contribution >= 4 is 17.9 Å². The Morgan fingerprint density at radius 2 is 0.787 bits per heavy atom. The lowest BCUT2D eigenvalue weighted by atomic mass is 9.92. The van der Waals surface area contributed by atoms with Crippen LogP contribution in [0, 0.1) is 23.7 Å². The number of carbonyl (C=O) groups is 3. The Morgan fingerprint density at radius 1 is 0.443 bits per heavy atom. The molecule has 0 spiro atoms. The molecule has 1 heterocycles. The summed E-state index contributed by atoms with van der Waals surface area (Å²) in [6, 6.07) is 0. The van der Waals surface area contributed by atoms with Crippen LogP contribution in [0.2, 0.25) is 0 Å². The van der Waals surface area contributed by atoms with Crippen LogP contribution in [-0.2, 0) is 28.6 Å². The van der Waals surface area contributed by atoms with Crippen LogP contribution < -0.4 is 0 Å². The Bertz CT molecular complexity index is 920. The molecule has 1 unspecified atom stereocenters. The van der Waals surface area contributed by atoms with E-state index in [1.165, 1.54) is 128 Å². The number of ether oxygens (including phenoxy) is 3. The van der Waals surface area contributed by atoms with Gasteiger partial charge in [0, 0.05) is 19.4 Å². The van der Waals surface area contributed by atoms with E-state index in [-0.39, 0.29) is 23.8 Å². The van der Waals surface area contributed by atoms with Crippen molar-refractivity contribution in [1.29, 1.82) is 0 Å². The maximum Gasteiger partial charge on any atom is 0.310 e. The average Bonchev–Trinajstić information content (AvgIpc) is 3.70. The first kappa shape index (κ1) is 57.4. The molecule has 0 N–H and O–H groups in total. The molecule has 0 amide bonds. The van der Waals surface area contributed by atoms with E-state index in [2.05, 4.69) is 39.6 Å². The predicted octanol–water partition coefficient (Wildman–Crippen LogP) is 15.5. The zero-order valence-corrected chi connectivity index (χ0v) is 41.4. The maximum atomic E-state index is 12.8. The van der Waals surface area contributed by atoms with Gasteiger partial charge in [-0.2, -0.15) is 0 Å². The number of hydrogen-bond acceptors (Lipinski definition) is 7. The van der Waals surface area contributed by atoms with Crippen LogP contribution in [0.3, 0.4) is 0 Å². The van der Waals surface area contributed by atoms with Gasteiger partial charge in [0.1, 0.15) is 0 Å². The van der Waals surface area contributed by atoms with Crippen LogP contribution in [0.5, 0.6) is 0 Å². The molecule has 360 valence electrons. The van der Waals surface area contributed by atoms with Crippen molar-refractivity contribution in [1.82, 2.24) is 4.90 Å².